The molecular formula is C21H25ClFN7O. The van der Waals surface area contributed by atoms with E-state index in [1.54, 1.807) is 25.4 Å². The molecule has 8 nitrogen and oxygen atoms in total. The molecule has 3 heterocycles. The van der Waals surface area contributed by atoms with E-state index in [1.165, 1.54) is 6.07 Å². The van der Waals surface area contributed by atoms with E-state index in [1.807, 2.05) is 12.1 Å². The van der Waals surface area contributed by atoms with E-state index in [2.05, 4.69) is 35.3 Å². The van der Waals surface area contributed by atoms with Gasteiger partial charge in [0.1, 0.15) is 11.6 Å². The Morgan fingerprint density at radius 2 is 2.10 bits per heavy atom. The fourth-order valence-electron chi connectivity index (χ4n) is 3.57. The molecule has 1 aliphatic heterocycles. The minimum Gasteiger partial charge on any atom is -0.461 e. The van der Waals surface area contributed by atoms with Crippen LogP contribution in [0.25, 0.3) is 11.6 Å². The van der Waals surface area contributed by atoms with E-state index in [0.717, 1.165) is 38.0 Å². The first-order valence-electron chi connectivity index (χ1n) is 10.2. The molecule has 164 valence electrons. The Labute approximate surface area is 185 Å². The maximum Gasteiger partial charge on any atom is 0.216 e. The van der Waals surface area contributed by atoms with Gasteiger partial charge in [0.2, 0.25) is 5.82 Å². The summed E-state index contributed by atoms with van der Waals surface area (Å²) in [4.78, 5) is 13.3. The molecule has 1 aromatic carbocycles. The Morgan fingerprint density at radius 3 is 2.81 bits per heavy atom. The van der Waals surface area contributed by atoms with Gasteiger partial charge >= 0.3 is 0 Å². The number of furan rings is 1. The highest BCUT2D eigenvalue weighted by molar-refractivity contribution is 6.31. The third-order valence-electron chi connectivity index (χ3n) is 5.25. The zero-order chi connectivity index (χ0) is 21.6. The molecule has 0 bridgehead atoms. The number of benzene rings is 1. The SMILES string of the molecule is CN=C(NCCc1nc(-c2ccco2)n[nH]1)N1CCN(Cc2c(F)cccc2Cl)CC1. The molecule has 1 fully saturated rings. The van der Waals surface area contributed by atoms with Gasteiger partial charge in [-0.25, -0.2) is 9.37 Å². The largest absolute Gasteiger partial charge is 0.461 e. The van der Waals surface area contributed by atoms with Gasteiger partial charge in [0, 0.05) is 63.3 Å². The number of aromatic amines is 1. The van der Waals surface area contributed by atoms with Crippen LogP contribution in [-0.2, 0) is 13.0 Å². The van der Waals surface area contributed by atoms with Crippen molar-refractivity contribution in [1.29, 1.82) is 0 Å². The lowest BCUT2D eigenvalue weighted by molar-refractivity contribution is 0.171. The van der Waals surface area contributed by atoms with Crippen molar-refractivity contribution in [3.05, 3.63) is 58.8 Å². The monoisotopic (exact) mass is 445 g/mol. The van der Waals surface area contributed by atoms with Crippen molar-refractivity contribution in [1.82, 2.24) is 30.3 Å². The van der Waals surface area contributed by atoms with Crippen molar-refractivity contribution in [2.24, 2.45) is 4.99 Å². The standard InChI is InChI=1S/C21H25ClFN7O/c1-24-21(25-8-7-19-26-20(28-27-19)18-6-3-13-31-18)30-11-9-29(10-12-30)14-15-16(22)4-2-5-17(15)23/h2-6,13H,7-12,14H2,1H3,(H,24,25)(H,26,27,28). The first-order valence-corrected chi connectivity index (χ1v) is 10.6. The lowest BCUT2D eigenvalue weighted by atomic mass is 10.2. The molecule has 0 spiro atoms. The molecule has 0 radical (unpaired) electrons. The third kappa shape index (κ3) is 5.23. The summed E-state index contributed by atoms with van der Waals surface area (Å²) >= 11 is 6.16. The summed E-state index contributed by atoms with van der Waals surface area (Å²) in [5, 5.41) is 11.0. The minimum atomic E-state index is -0.255. The lowest BCUT2D eigenvalue weighted by Gasteiger charge is -2.36. The molecule has 10 heteroatoms. The number of hydrogen-bond donors (Lipinski definition) is 2. The topological polar surface area (TPSA) is 85.6 Å². The highest BCUT2D eigenvalue weighted by Gasteiger charge is 2.21. The number of rotatable bonds is 6. The summed E-state index contributed by atoms with van der Waals surface area (Å²) in [5.41, 5.74) is 0.557. The second-order valence-corrected chi connectivity index (χ2v) is 7.68. The van der Waals surface area contributed by atoms with Crippen molar-refractivity contribution in [3.8, 4) is 11.6 Å². The number of aliphatic imine (C=N–C) groups is 1. The van der Waals surface area contributed by atoms with Crippen molar-refractivity contribution >= 4 is 17.6 Å². The van der Waals surface area contributed by atoms with Crippen molar-refractivity contribution in [3.63, 3.8) is 0 Å². The van der Waals surface area contributed by atoms with Gasteiger partial charge in [-0.1, -0.05) is 17.7 Å². The first kappa shape index (κ1) is 21.3. The molecule has 0 unspecified atom stereocenters. The number of aromatic nitrogens is 3. The number of halogens is 2. The van der Waals surface area contributed by atoms with Crippen LogP contribution in [0.15, 0.2) is 46.0 Å². The zero-order valence-corrected chi connectivity index (χ0v) is 18.1. The molecule has 0 saturated carbocycles. The normalized spacial score (nSPS) is 15.5. The summed E-state index contributed by atoms with van der Waals surface area (Å²) in [7, 11) is 1.78. The Bertz CT molecular complexity index is 992. The molecule has 0 aliphatic carbocycles. The van der Waals surface area contributed by atoms with Crippen LogP contribution in [0.3, 0.4) is 0 Å². The van der Waals surface area contributed by atoms with Gasteiger partial charge in [0.25, 0.3) is 0 Å². The lowest BCUT2D eigenvalue weighted by Crippen LogP contribution is -2.52. The van der Waals surface area contributed by atoms with Crippen molar-refractivity contribution in [2.75, 3.05) is 39.8 Å². The van der Waals surface area contributed by atoms with Crippen molar-refractivity contribution < 1.29 is 8.81 Å². The minimum absolute atomic E-state index is 0.255. The van der Waals surface area contributed by atoms with Crippen LogP contribution in [0, 0.1) is 5.82 Å². The van der Waals surface area contributed by atoms with Crippen molar-refractivity contribution in [2.45, 2.75) is 13.0 Å². The average Bonchev–Trinajstić information content (AvgIpc) is 3.47. The van der Waals surface area contributed by atoms with Gasteiger partial charge < -0.3 is 14.6 Å². The van der Waals surface area contributed by atoms with Gasteiger partial charge in [0.15, 0.2) is 11.7 Å². The van der Waals surface area contributed by atoms with Crippen LogP contribution in [0.5, 0.6) is 0 Å². The second-order valence-electron chi connectivity index (χ2n) is 7.27. The molecule has 0 atom stereocenters. The Kier molecular flexibility index (Phi) is 6.83. The molecule has 3 aromatic rings. The molecule has 1 aliphatic rings. The fourth-order valence-corrected chi connectivity index (χ4v) is 3.80. The van der Waals surface area contributed by atoms with Crippen LogP contribution < -0.4 is 5.32 Å². The maximum absolute atomic E-state index is 14.1. The predicted molar refractivity (Wildman–Crippen MR) is 117 cm³/mol. The Morgan fingerprint density at radius 1 is 1.26 bits per heavy atom. The van der Waals surface area contributed by atoms with E-state index in [4.69, 9.17) is 16.0 Å². The van der Waals surface area contributed by atoms with Gasteiger partial charge in [-0.15, -0.1) is 0 Å². The van der Waals surface area contributed by atoms with Gasteiger partial charge in [0.05, 0.1) is 6.26 Å². The van der Waals surface area contributed by atoms with E-state index < -0.39 is 0 Å². The smallest absolute Gasteiger partial charge is 0.216 e. The van der Waals surface area contributed by atoms with E-state index in [-0.39, 0.29) is 5.82 Å². The third-order valence-corrected chi connectivity index (χ3v) is 5.60. The zero-order valence-electron chi connectivity index (χ0n) is 17.3. The quantitative estimate of drug-likeness (QED) is 0.448. The molecule has 1 saturated heterocycles. The van der Waals surface area contributed by atoms with Crippen LogP contribution in [0.1, 0.15) is 11.4 Å². The Hall–Kier alpha value is -2.91. The summed E-state index contributed by atoms with van der Waals surface area (Å²) in [6, 6.07) is 8.45. The summed E-state index contributed by atoms with van der Waals surface area (Å²) in [6.45, 7) is 4.40. The summed E-state index contributed by atoms with van der Waals surface area (Å²) in [6.07, 6.45) is 2.28. The van der Waals surface area contributed by atoms with Crippen LogP contribution in [0.2, 0.25) is 5.02 Å². The number of H-pyrrole nitrogens is 1. The fraction of sp³-hybridized carbons (Fsp3) is 0.381. The van der Waals surface area contributed by atoms with Crippen LogP contribution in [-0.4, -0.2) is 70.7 Å². The Balaban J connectivity index is 1.24. The molecule has 0 amide bonds. The average molecular weight is 446 g/mol. The number of nitrogens with one attached hydrogen (secondary N) is 2. The molecule has 2 N–H and O–H groups in total. The summed E-state index contributed by atoms with van der Waals surface area (Å²) < 4.78 is 19.4. The molecule has 4 rings (SSSR count). The van der Waals surface area contributed by atoms with Gasteiger partial charge in [-0.3, -0.25) is 15.0 Å². The van der Waals surface area contributed by atoms with Crippen LogP contribution in [0.4, 0.5) is 4.39 Å². The van der Waals surface area contributed by atoms with Gasteiger partial charge in [-0.05, 0) is 24.3 Å². The van der Waals surface area contributed by atoms with E-state index in [0.29, 0.717) is 41.7 Å². The first-order chi connectivity index (χ1) is 15.1. The number of piperazine rings is 1. The number of guanidine groups is 1. The summed E-state index contributed by atoms with van der Waals surface area (Å²) in [5.74, 6) is 2.56. The second kappa shape index (κ2) is 9.93. The molecule has 31 heavy (non-hydrogen) atoms. The number of hydrogen-bond acceptors (Lipinski definition) is 5. The predicted octanol–water partition coefficient (Wildman–Crippen LogP) is 2.79. The molecular weight excluding hydrogens is 421 g/mol. The van der Waals surface area contributed by atoms with Crippen LogP contribution >= 0.6 is 11.6 Å². The molecule has 2 aromatic heterocycles. The van der Waals surface area contributed by atoms with Gasteiger partial charge in [-0.2, -0.15) is 5.10 Å². The highest BCUT2D eigenvalue weighted by Crippen LogP contribution is 2.21. The highest BCUT2D eigenvalue weighted by atomic mass is 35.5. The number of nitrogens with zero attached hydrogens (tertiary/aromatic N) is 5. The van der Waals surface area contributed by atoms with E-state index in [9.17, 15) is 4.39 Å². The maximum atomic E-state index is 14.1. The van der Waals surface area contributed by atoms with E-state index >= 15 is 0 Å².